The van der Waals surface area contributed by atoms with Crippen LogP contribution in [0.1, 0.15) is 13.8 Å². The Morgan fingerprint density at radius 1 is 1.36 bits per heavy atom. The summed E-state index contributed by atoms with van der Waals surface area (Å²) in [6.45, 7) is 3.78. The zero-order chi connectivity index (χ0) is 11.0. The lowest BCUT2D eigenvalue weighted by Gasteiger charge is -1.98. The zero-order valence-corrected chi connectivity index (χ0v) is 7.84. The van der Waals surface area contributed by atoms with Crippen molar-refractivity contribution in [1.29, 1.82) is 0 Å². The van der Waals surface area contributed by atoms with Crippen molar-refractivity contribution in [2.24, 2.45) is 11.3 Å². The highest BCUT2D eigenvalue weighted by atomic mass is 19.4. The molecule has 1 rings (SSSR count). The summed E-state index contributed by atoms with van der Waals surface area (Å²) >= 11 is 0. The molecule has 2 nitrogen and oxygen atoms in total. The minimum atomic E-state index is -4.30. The van der Waals surface area contributed by atoms with Gasteiger partial charge < -0.3 is 4.74 Å². The molecule has 5 heteroatoms. The van der Waals surface area contributed by atoms with Crippen molar-refractivity contribution in [1.82, 2.24) is 0 Å². The number of hydrogen-bond donors (Lipinski definition) is 0. The number of carbonyl (C=O) groups excluding carboxylic acids is 1. The van der Waals surface area contributed by atoms with Gasteiger partial charge in [0.25, 0.3) is 6.47 Å². The van der Waals surface area contributed by atoms with E-state index in [1.54, 1.807) is 13.8 Å². The third kappa shape index (κ3) is 2.27. The predicted molar refractivity (Wildman–Crippen MR) is 43.4 cm³/mol. The fraction of sp³-hybridized carbons (Fsp3) is 0.667. The van der Waals surface area contributed by atoms with E-state index in [9.17, 15) is 18.0 Å². The van der Waals surface area contributed by atoms with Crippen molar-refractivity contribution in [2.45, 2.75) is 26.1 Å². The summed E-state index contributed by atoms with van der Waals surface area (Å²) in [6.07, 6.45) is -3.50. The third-order valence-corrected chi connectivity index (χ3v) is 2.50. The molecule has 0 aliphatic heterocycles. The van der Waals surface area contributed by atoms with Crippen molar-refractivity contribution in [3.8, 4) is 0 Å². The lowest BCUT2D eigenvalue weighted by molar-refractivity contribution is -0.130. The highest BCUT2D eigenvalue weighted by Gasteiger charge is 2.59. The summed E-state index contributed by atoms with van der Waals surface area (Å²) in [5.41, 5.74) is -0.386. The topological polar surface area (TPSA) is 26.3 Å². The Morgan fingerprint density at radius 2 is 1.93 bits per heavy atom. The molecular formula is C9H11F3O2. The summed E-state index contributed by atoms with van der Waals surface area (Å²) in [5, 5.41) is 0. The fourth-order valence-corrected chi connectivity index (χ4v) is 1.51. The Hall–Kier alpha value is -1.00. The number of ether oxygens (including phenoxy) is 1. The number of hydrogen-bond acceptors (Lipinski definition) is 2. The van der Waals surface area contributed by atoms with Gasteiger partial charge in [-0.2, -0.15) is 13.2 Å². The molecule has 1 saturated carbocycles. The summed E-state index contributed by atoms with van der Waals surface area (Å²) in [4.78, 5) is 10.0. The number of halogens is 3. The van der Waals surface area contributed by atoms with Gasteiger partial charge in [-0.15, -0.1) is 0 Å². The first kappa shape index (κ1) is 11.1. The normalized spacial score (nSPS) is 30.4. The van der Waals surface area contributed by atoms with E-state index in [1.165, 1.54) is 0 Å². The Labute approximate surface area is 79.7 Å². The van der Waals surface area contributed by atoms with Gasteiger partial charge in [0.15, 0.2) is 0 Å². The number of rotatable bonds is 3. The van der Waals surface area contributed by atoms with Crippen LogP contribution in [0.5, 0.6) is 0 Å². The smallest absolute Gasteiger partial charge is 0.409 e. The van der Waals surface area contributed by atoms with E-state index in [0.29, 0.717) is 0 Å². The van der Waals surface area contributed by atoms with Gasteiger partial charge in [0.1, 0.15) is 6.10 Å². The average molecular weight is 208 g/mol. The van der Waals surface area contributed by atoms with E-state index in [2.05, 4.69) is 4.74 Å². The Bertz CT molecular complexity index is 255. The van der Waals surface area contributed by atoms with Gasteiger partial charge in [0, 0.05) is 17.4 Å². The molecule has 1 aliphatic rings. The molecule has 0 N–H and O–H groups in total. The van der Waals surface area contributed by atoms with Crippen molar-refractivity contribution < 1.29 is 22.7 Å². The van der Waals surface area contributed by atoms with Crippen LogP contribution in [-0.4, -0.2) is 18.8 Å². The summed E-state index contributed by atoms with van der Waals surface area (Å²) in [7, 11) is 0. The maximum atomic E-state index is 11.8. The first-order chi connectivity index (χ1) is 6.29. The molecule has 0 heterocycles. The van der Waals surface area contributed by atoms with Crippen LogP contribution in [-0.2, 0) is 9.53 Å². The van der Waals surface area contributed by atoms with E-state index < -0.39 is 12.3 Å². The van der Waals surface area contributed by atoms with E-state index in [4.69, 9.17) is 0 Å². The Balaban J connectivity index is 2.57. The molecule has 0 spiro atoms. The highest BCUT2D eigenvalue weighted by molar-refractivity contribution is 5.40. The largest absolute Gasteiger partial charge is 0.463 e. The van der Waals surface area contributed by atoms with Gasteiger partial charge in [-0.3, -0.25) is 4.79 Å². The lowest BCUT2D eigenvalue weighted by atomic mass is 10.1. The van der Waals surface area contributed by atoms with E-state index >= 15 is 0 Å². The van der Waals surface area contributed by atoms with Gasteiger partial charge in [0.2, 0.25) is 0 Å². The molecule has 0 aromatic carbocycles. The van der Waals surface area contributed by atoms with Crippen LogP contribution in [0, 0.1) is 11.3 Å². The Morgan fingerprint density at radius 3 is 2.36 bits per heavy atom. The molecule has 0 bridgehead atoms. The van der Waals surface area contributed by atoms with Gasteiger partial charge >= 0.3 is 6.18 Å². The SMILES string of the molecule is CC1(C)C(/C=C/C(F)(F)F)[C@@H]1OC=O. The molecular weight excluding hydrogens is 197 g/mol. The highest BCUT2D eigenvalue weighted by Crippen LogP contribution is 2.54. The summed E-state index contributed by atoms with van der Waals surface area (Å²) < 4.78 is 40.1. The maximum absolute atomic E-state index is 11.8. The molecule has 0 amide bonds. The summed E-state index contributed by atoms with van der Waals surface area (Å²) in [6, 6.07) is 0. The number of carbonyl (C=O) groups is 1. The van der Waals surface area contributed by atoms with Crippen molar-refractivity contribution in [3.05, 3.63) is 12.2 Å². The second kappa shape index (κ2) is 3.29. The number of allylic oxidation sites excluding steroid dienone is 1. The van der Waals surface area contributed by atoms with Gasteiger partial charge in [-0.05, 0) is 0 Å². The average Bonchev–Trinajstić information content (AvgIpc) is 2.49. The molecule has 80 valence electrons. The van der Waals surface area contributed by atoms with Crippen LogP contribution in [0.25, 0.3) is 0 Å². The number of alkyl halides is 3. The second-order valence-electron chi connectivity index (χ2n) is 3.90. The molecule has 1 aliphatic carbocycles. The molecule has 0 aromatic heterocycles. The third-order valence-electron chi connectivity index (χ3n) is 2.50. The van der Waals surface area contributed by atoms with Crippen molar-refractivity contribution in [3.63, 3.8) is 0 Å². The molecule has 14 heavy (non-hydrogen) atoms. The molecule has 0 saturated heterocycles. The maximum Gasteiger partial charge on any atom is 0.409 e. The first-order valence-corrected chi connectivity index (χ1v) is 4.14. The predicted octanol–water partition coefficient (Wildman–Crippen LogP) is 2.30. The van der Waals surface area contributed by atoms with Gasteiger partial charge in [-0.1, -0.05) is 19.9 Å². The van der Waals surface area contributed by atoms with Gasteiger partial charge in [0.05, 0.1) is 0 Å². The van der Waals surface area contributed by atoms with Crippen molar-refractivity contribution in [2.75, 3.05) is 0 Å². The zero-order valence-electron chi connectivity index (χ0n) is 7.84. The molecule has 0 radical (unpaired) electrons. The first-order valence-electron chi connectivity index (χ1n) is 4.14. The fourth-order valence-electron chi connectivity index (χ4n) is 1.51. The van der Waals surface area contributed by atoms with E-state index in [0.717, 1.165) is 6.08 Å². The van der Waals surface area contributed by atoms with Crippen LogP contribution in [0.3, 0.4) is 0 Å². The van der Waals surface area contributed by atoms with E-state index in [1.807, 2.05) is 0 Å². The Kier molecular flexibility index (Phi) is 2.61. The van der Waals surface area contributed by atoms with Crippen LogP contribution in [0.15, 0.2) is 12.2 Å². The van der Waals surface area contributed by atoms with Crippen LogP contribution in [0.4, 0.5) is 13.2 Å². The van der Waals surface area contributed by atoms with Crippen molar-refractivity contribution >= 4 is 6.47 Å². The van der Waals surface area contributed by atoms with Crippen LogP contribution in [0.2, 0.25) is 0 Å². The van der Waals surface area contributed by atoms with Gasteiger partial charge in [-0.25, -0.2) is 0 Å². The second-order valence-corrected chi connectivity index (χ2v) is 3.90. The quantitative estimate of drug-likeness (QED) is 0.525. The molecule has 1 fully saturated rings. The lowest BCUT2D eigenvalue weighted by Crippen LogP contribution is -2.01. The minimum absolute atomic E-state index is 0.188. The minimum Gasteiger partial charge on any atom is -0.463 e. The molecule has 1 unspecified atom stereocenters. The summed E-state index contributed by atoms with van der Waals surface area (Å²) in [5.74, 6) is -0.339. The monoisotopic (exact) mass is 208 g/mol. The van der Waals surface area contributed by atoms with Crippen LogP contribution >= 0.6 is 0 Å². The molecule has 0 aromatic rings. The van der Waals surface area contributed by atoms with E-state index in [-0.39, 0.29) is 23.9 Å². The molecule has 2 atom stereocenters. The standard InChI is InChI=1S/C9H11F3O2/c1-8(2)6(7(8)14-5-13)3-4-9(10,11)12/h3-7H,1-2H3/b4-3+/t6?,7-/m0/s1. The van der Waals surface area contributed by atoms with Crippen LogP contribution < -0.4 is 0 Å².